The van der Waals surface area contributed by atoms with E-state index in [1.807, 2.05) is 12.1 Å². The number of benzene rings is 1. The van der Waals surface area contributed by atoms with E-state index in [4.69, 9.17) is 5.26 Å². The fourth-order valence-corrected chi connectivity index (χ4v) is 2.49. The van der Waals surface area contributed by atoms with Crippen molar-refractivity contribution >= 4 is 5.57 Å². The fraction of sp³-hybridized carbons (Fsp3) is 0.471. The van der Waals surface area contributed by atoms with Crippen molar-refractivity contribution in [2.75, 3.05) is 0 Å². The highest BCUT2D eigenvalue weighted by Gasteiger charge is 2.09. The van der Waals surface area contributed by atoms with Crippen molar-refractivity contribution in [1.82, 2.24) is 0 Å². The molecule has 1 aromatic rings. The Balaban J connectivity index is 3.36. The molecule has 18 heavy (non-hydrogen) atoms. The predicted octanol–water partition coefficient (Wildman–Crippen LogP) is 5.24. The highest BCUT2D eigenvalue weighted by atomic mass is 14.2. The first kappa shape index (κ1) is 14.5. The Labute approximate surface area is 111 Å². The van der Waals surface area contributed by atoms with Crippen molar-refractivity contribution in [3.63, 3.8) is 0 Å². The van der Waals surface area contributed by atoms with Gasteiger partial charge in [0.2, 0.25) is 0 Å². The van der Waals surface area contributed by atoms with E-state index in [1.54, 1.807) is 0 Å². The van der Waals surface area contributed by atoms with E-state index in [0.29, 0.717) is 0 Å². The molecule has 96 valence electrons. The van der Waals surface area contributed by atoms with E-state index in [9.17, 15) is 0 Å². The first-order valence-corrected chi connectivity index (χ1v) is 6.89. The molecule has 0 aromatic heterocycles. The second kappa shape index (κ2) is 7.01. The van der Waals surface area contributed by atoms with Crippen LogP contribution < -0.4 is 0 Å². The van der Waals surface area contributed by atoms with Crippen molar-refractivity contribution in [3.8, 4) is 6.07 Å². The van der Waals surface area contributed by atoms with Gasteiger partial charge in [-0.25, -0.2) is 0 Å². The van der Waals surface area contributed by atoms with Gasteiger partial charge in [0.15, 0.2) is 0 Å². The molecule has 0 N–H and O–H groups in total. The summed E-state index contributed by atoms with van der Waals surface area (Å²) in [6, 6.07) is 8.24. The number of allylic oxidation sites excluding steroid dienone is 2. The van der Waals surface area contributed by atoms with Crippen LogP contribution in [0.5, 0.6) is 0 Å². The third-order valence-electron chi connectivity index (χ3n) is 3.45. The monoisotopic (exact) mass is 241 g/mol. The molecule has 0 aliphatic heterocycles. The van der Waals surface area contributed by atoms with E-state index in [1.165, 1.54) is 28.7 Å². The van der Waals surface area contributed by atoms with Gasteiger partial charge in [0.25, 0.3) is 0 Å². The topological polar surface area (TPSA) is 23.8 Å². The zero-order valence-corrected chi connectivity index (χ0v) is 12.0. The molecule has 0 saturated heterocycles. The van der Waals surface area contributed by atoms with Gasteiger partial charge in [0.05, 0.1) is 11.6 Å². The lowest BCUT2D eigenvalue weighted by atomic mass is 9.90. The first-order valence-electron chi connectivity index (χ1n) is 6.89. The van der Waals surface area contributed by atoms with Crippen LogP contribution in [0.25, 0.3) is 5.57 Å². The van der Waals surface area contributed by atoms with Crippen molar-refractivity contribution in [2.24, 2.45) is 0 Å². The predicted molar refractivity (Wildman–Crippen MR) is 78.3 cm³/mol. The van der Waals surface area contributed by atoms with Crippen LogP contribution in [0.15, 0.2) is 23.8 Å². The molecular formula is C17H23N. The highest BCUT2D eigenvalue weighted by molar-refractivity contribution is 5.72. The van der Waals surface area contributed by atoms with Gasteiger partial charge in [-0.2, -0.15) is 5.26 Å². The summed E-state index contributed by atoms with van der Waals surface area (Å²) in [5, 5.41) is 9.04. The molecule has 0 spiro atoms. The molecular weight excluding hydrogens is 218 g/mol. The number of nitriles is 1. The maximum atomic E-state index is 9.04. The van der Waals surface area contributed by atoms with E-state index in [-0.39, 0.29) is 0 Å². The summed E-state index contributed by atoms with van der Waals surface area (Å²) in [4.78, 5) is 0. The van der Waals surface area contributed by atoms with Crippen molar-refractivity contribution in [1.29, 1.82) is 5.26 Å². The minimum atomic E-state index is 0.758. The lowest BCUT2D eigenvalue weighted by Crippen LogP contribution is -1.95. The standard InChI is InChI=1S/C17H23N/c1-5-8-15(6-2)16(7-3)17-11-14(12-18)10-9-13(17)4/h9-11H,5-8H2,1-4H3/b16-15+. The minimum absolute atomic E-state index is 0.758. The van der Waals surface area contributed by atoms with Crippen LogP contribution in [0.2, 0.25) is 0 Å². The van der Waals surface area contributed by atoms with Gasteiger partial charge < -0.3 is 0 Å². The molecule has 1 aromatic carbocycles. The van der Waals surface area contributed by atoms with Gasteiger partial charge in [0, 0.05) is 0 Å². The molecule has 1 nitrogen and oxygen atoms in total. The lowest BCUT2D eigenvalue weighted by Gasteiger charge is -2.15. The number of rotatable bonds is 5. The molecule has 0 unspecified atom stereocenters. The van der Waals surface area contributed by atoms with Crippen LogP contribution in [-0.4, -0.2) is 0 Å². The summed E-state index contributed by atoms with van der Waals surface area (Å²) in [5.74, 6) is 0. The fourth-order valence-electron chi connectivity index (χ4n) is 2.49. The zero-order valence-electron chi connectivity index (χ0n) is 12.0. The molecule has 0 saturated carbocycles. The van der Waals surface area contributed by atoms with Gasteiger partial charge in [0.1, 0.15) is 0 Å². The zero-order chi connectivity index (χ0) is 13.5. The molecule has 0 fully saturated rings. The van der Waals surface area contributed by atoms with Crippen LogP contribution in [0.1, 0.15) is 63.1 Å². The van der Waals surface area contributed by atoms with Crippen molar-refractivity contribution in [2.45, 2.75) is 53.4 Å². The van der Waals surface area contributed by atoms with Gasteiger partial charge in [-0.05, 0) is 55.0 Å². The van der Waals surface area contributed by atoms with Crippen LogP contribution in [-0.2, 0) is 0 Å². The Kier molecular flexibility index (Phi) is 5.65. The molecule has 0 aliphatic carbocycles. The van der Waals surface area contributed by atoms with Crippen LogP contribution in [0, 0.1) is 18.3 Å². The second-order valence-electron chi connectivity index (χ2n) is 4.68. The largest absolute Gasteiger partial charge is 0.192 e. The quantitative estimate of drug-likeness (QED) is 0.691. The summed E-state index contributed by atoms with van der Waals surface area (Å²) in [6.07, 6.45) is 4.49. The normalized spacial score (nSPS) is 11.9. The molecule has 1 heteroatoms. The Morgan fingerprint density at radius 3 is 2.39 bits per heavy atom. The molecule has 0 aliphatic rings. The molecule has 1 rings (SSSR count). The molecule has 0 radical (unpaired) electrons. The van der Waals surface area contributed by atoms with Gasteiger partial charge in [-0.15, -0.1) is 0 Å². The van der Waals surface area contributed by atoms with Crippen molar-refractivity contribution in [3.05, 3.63) is 40.5 Å². The number of hydrogen-bond donors (Lipinski definition) is 0. The average Bonchev–Trinajstić information content (AvgIpc) is 2.40. The Hall–Kier alpha value is -1.55. The number of nitrogens with zero attached hydrogens (tertiary/aromatic N) is 1. The maximum absolute atomic E-state index is 9.04. The molecule has 0 atom stereocenters. The summed E-state index contributed by atoms with van der Waals surface area (Å²) in [6.45, 7) is 8.79. The summed E-state index contributed by atoms with van der Waals surface area (Å²) in [5.41, 5.74) is 6.27. The molecule has 0 bridgehead atoms. The van der Waals surface area contributed by atoms with Gasteiger partial charge >= 0.3 is 0 Å². The van der Waals surface area contributed by atoms with E-state index in [2.05, 4.69) is 39.8 Å². The third kappa shape index (κ3) is 3.23. The summed E-state index contributed by atoms with van der Waals surface area (Å²) < 4.78 is 0. The molecule has 0 heterocycles. The minimum Gasteiger partial charge on any atom is -0.192 e. The highest BCUT2D eigenvalue weighted by Crippen LogP contribution is 2.29. The van der Waals surface area contributed by atoms with Crippen LogP contribution in [0.4, 0.5) is 0 Å². The SMILES string of the molecule is CCC/C(CC)=C(\CC)c1cc(C#N)ccc1C. The summed E-state index contributed by atoms with van der Waals surface area (Å²) >= 11 is 0. The number of aryl methyl sites for hydroxylation is 1. The second-order valence-corrected chi connectivity index (χ2v) is 4.68. The van der Waals surface area contributed by atoms with Crippen LogP contribution in [0.3, 0.4) is 0 Å². The van der Waals surface area contributed by atoms with Gasteiger partial charge in [-0.1, -0.05) is 38.8 Å². The average molecular weight is 241 g/mol. The van der Waals surface area contributed by atoms with E-state index >= 15 is 0 Å². The van der Waals surface area contributed by atoms with Crippen molar-refractivity contribution < 1.29 is 0 Å². The Bertz CT molecular complexity index is 475. The smallest absolute Gasteiger partial charge is 0.0991 e. The first-order chi connectivity index (χ1) is 8.67. The number of hydrogen-bond acceptors (Lipinski definition) is 1. The van der Waals surface area contributed by atoms with Crippen LogP contribution >= 0.6 is 0 Å². The van der Waals surface area contributed by atoms with E-state index in [0.717, 1.165) is 24.8 Å². The Morgan fingerprint density at radius 1 is 1.17 bits per heavy atom. The molecule has 0 amide bonds. The summed E-state index contributed by atoms with van der Waals surface area (Å²) in [7, 11) is 0. The maximum Gasteiger partial charge on any atom is 0.0991 e. The van der Waals surface area contributed by atoms with E-state index < -0.39 is 0 Å². The third-order valence-corrected chi connectivity index (χ3v) is 3.45. The Morgan fingerprint density at radius 2 is 1.89 bits per heavy atom. The van der Waals surface area contributed by atoms with Gasteiger partial charge in [-0.3, -0.25) is 0 Å². The lowest BCUT2D eigenvalue weighted by molar-refractivity contribution is 0.855.